The molecule has 2 aromatic carbocycles. The van der Waals surface area contributed by atoms with Crippen LogP contribution in [0.25, 0.3) is 10.8 Å². The van der Waals surface area contributed by atoms with Gasteiger partial charge in [-0.25, -0.2) is 0 Å². The first-order valence-electron chi connectivity index (χ1n) is 4.34. The average Bonchev–Trinajstić information content (AvgIpc) is 2.26. The standard InChI is InChI=1S/C13H8O/c14-9-3-4-11-7-8-12-5-1-2-6-13(12)10-11/h1-2,5-10H. The lowest BCUT2D eigenvalue weighted by molar-refractivity contribution is -0.103. The van der Waals surface area contributed by atoms with E-state index in [4.69, 9.17) is 0 Å². The van der Waals surface area contributed by atoms with Crippen LogP contribution in [-0.4, -0.2) is 6.29 Å². The molecular formula is C13H8O. The molecule has 1 heteroatoms. The molecular weight excluding hydrogens is 172 g/mol. The quantitative estimate of drug-likeness (QED) is 0.449. The van der Waals surface area contributed by atoms with Crippen molar-refractivity contribution >= 4 is 17.1 Å². The summed E-state index contributed by atoms with van der Waals surface area (Å²) in [6.07, 6.45) is 0.606. The molecule has 0 aromatic heterocycles. The van der Waals surface area contributed by atoms with Crippen molar-refractivity contribution in [2.24, 2.45) is 0 Å². The molecule has 0 heterocycles. The Kier molecular flexibility index (Phi) is 2.29. The third-order valence-electron chi connectivity index (χ3n) is 2.02. The van der Waals surface area contributed by atoms with Gasteiger partial charge in [0.25, 0.3) is 0 Å². The molecule has 0 radical (unpaired) electrons. The average molecular weight is 180 g/mol. The van der Waals surface area contributed by atoms with E-state index in [0.29, 0.717) is 6.29 Å². The zero-order valence-corrected chi connectivity index (χ0v) is 7.53. The molecule has 0 N–H and O–H groups in total. The number of hydrogen-bond acceptors (Lipinski definition) is 1. The van der Waals surface area contributed by atoms with Crippen LogP contribution >= 0.6 is 0 Å². The van der Waals surface area contributed by atoms with Gasteiger partial charge in [-0.1, -0.05) is 36.3 Å². The summed E-state index contributed by atoms with van der Waals surface area (Å²) >= 11 is 0. The maximum atomic E-state index is 10.1. The number of fused-ring (bicyclic) bond motifs is 1. The van der Waals surface area contributed by atoms with Crippen molar-refractivity contribution in [1.82, 2.24) is 0 Å². The Morgan fingerprint density at radius 1 is 1.00 bits per heavy atom. The smallest absolute Gasteiger partial charge is 0.193 e. The van der Waals surface area contributed by atoms with Crippen molar-refractivity contribution in [1.29, 1.82) is 0 Å². The van der Waals surface area contributed by atoms with Gasteiger partial charge in [-0.05, 0) is 28.8 Å². The van der Waals surface area contributed by atoms with Crippen LogP contribution in [0.3, 0.4) is 0 Å². The van der Waals surface area contributed by atoms with Gasteiger partial charge in [0.05, 0.1) is 0 Å². The van der Waals surface area contributed by atoms with Crippen LogP contribution in [0.5, 0.6) is 0 Å². The summed E-state index contributed by atoms with van der Waals surface area (Å²) in [7, 11) is 0. The second-order valence-corrected chi connectivity index (χ2v) is 2.95. The molecule has 0 amide bonds. The SMILES string of the molecule is O=CC#Cc1ccc2ccccc2c1. The molecule has 1 nitrogen and oxygen atoms in total. The highest BCUT2D eigenvalue weighted by Gasteiger charge is 1.91. The van der Waals surface area contributed by atoms with E-state index in [1.165, 1.54) is 5.39 Å². The summed E-state index contributed by atoms with van der Waals surface area (Å²) in [5, 5.41) is 2.33. The molecule has 0 fully saturated rings. The predicted molar refractivity (Wildman–Crippen MR) is 56.9 cm³/mol. The van der Waals surface area contributed by atoms with Crippen LogP contribution in [0.2, 0.25) is 0 Å². The highest BCUT2D eigenvalue weighted by atomic mass is 16.1. The zero-order valence-electron chi connectivity index (χ0n) is 7.53. The first-order chi connectivity index (χ1) is 6.90. The maximum Gasteiger partial charge on any atom is 0.193 e. The fourth-order valence-electron chi connectivity index (χ4n) is 1.38. The van der Waals surface area contributed by atoms with Crippen LogP contribution in [0.15, 0.2) is 42.5 Å². The summed E-state index contributed by atoms with van der Waals surface area (Å²) in [6, 6.07) is 14.0. The van der Waals surface area contributed by atoms with E-state index in [0.717, 1.165) is 10.9 Å². The van der Waals surface area contributed by atoms with Crippen LogP contribution in [0.4, 0.5) is 0 Å². The summed E-state index contributed by atoms with van der Waals surface area (Å²) in [4.78, 5) is 10.1. The van der Waals surface area contributed by atoms with Gasteiger partial charge in [0, 0.05) is 5.56 Å². The molecule has 0 aliphatic heterocycles. The van der Waals surface area contributed by atoms with Crippen molar-refractivity contribution in [2.45, 2.75) is 0 Å². The maximum absolute atomic E-state index is 10.1. The normalized spacial score (nSPS) is 9.14. The number of rotatable bonds is 0. The molecule has 0 aliphatic rings. The molecule has 0 bridgehead atoms. The van der Waals surface area contributed by atoms with Gasteiger partial charge >= 0.3 is 0 Å². The Bertz CT molecular complexity index is 529. The minimum absolute atomic E-state index is 0.606. The largest absolute Gasteiger partial charge is 0.289 e. The van der Waals surface area contributed by atoms with Gasteiger partial charge in [-0.2, -0.15) is 0 Å². The van der Waals surface area contributed by atoms with Crippen LogP contribution in [0.1, 0.15) is 5.56 Å². The topological polar surface area (TPSA) is 17.1 Å². The molecule has 14 heavy (non-hydrogen) atoms. The molecule has 2 rings (SSSR count). The first-order valence-corrected chi connectivity index (χ1v) is 4.34. The molecule has 2 aromatic rings. The molecule has 0 saturated heterocycles. The van der Waals surface area contributed by atoms with Crippen LogP contribution < -0.4 is 0 Å². The Morgan fingerprint density at radius 2 is 1.79 bits per heavy atom. The van der Waals surface area contributed by atoms with Gasteiger partial charge in [0.2, 0.25) is 0 Å². The number of carbonyl (C=O) groups is 1. The lowest BCUT2D eigenvalue weighted by Gasteiger charge is -1.96. The predicted octanol–water partition coefficient (Wildman–Crippen LogP) is 2.39. The van der Waals surface area contributed by atoms with Crippen molar-refractivity contribution in [3.63, 3.8) is 0 Å². The number of hydrogen-bond donors (Lipinski definition) is 0. The number of carbonyl (C=O) groups excluding carboxylic acids is 1. The summed E-state index contributed by atoms with van der Waals surface area (Å²) in [6.45, 7) is 0. The van der Waals surface area contributed by atoms with Gasteiger partial charge in [-0.3, -0.25) is 4.79 Å². The fraction of sp³-hybridized carbons (Fsp3) is 0. The van der Waals surface area contributed by atoms with E-state index in [9.17, 15) is 4.79 Å². The summed E-state index contributed by atoms with van der Waals surface area (Å²) in [5.41, 5.74) is 0.871. The van der Waals surface area contributed by atoms with E-state index in [1.54, 1.807) is 0 Å². The van der Waals surface area contributed by atoms with E-state index in [1.807, 2.05) is 42.5 Å². The number of aldehydes is 1. The van der Waals surface area contributed by atoms with Crippen molar-refractivity contribution in [3.8, 4) is 11.8 Å². The minimum atomic E-state index is 0.606. The van der Waals surface area contributed by atoms with Gasteiger partial charge in [0.15, 0.2) is 6.29 Å². The number of benzene rings is 2. The van der Waals surface area contributed by atoms with Gasteiger partial charge < -0.3 is 0 Å². The van der Waals surface area contributed by atoms with Gasteiger partial charge in [0.1, 0.15) is 0 Å². The highest BCUT2D eigenvalue weighted by Crippen LogP contribution is 2.14. The van der Waals surface area contributed by atoms with E-state index >= 15 is 0 Å². The van der Waals surface area contributed by atoms with E-state index in [-0.39, 0.29) is 0 Å². The summed E-state index contributed by atoms with van der Waals surface area (Å²) in [5.74, 6) is 5.17. The lowest BCUT2D eigenvalue weighted by atomic mass is 10.1. The minimum Gasteiger partial charge on any atom is -0.289 e. The van der Waals surface area contributed by atoms with E-state index in [2.05, 4.69) is 11.8 Å². The third-order valence-corrected chi connectivity index (χ3v) is 2.02. The van der Waals surface area contributed by atoms with Crippen molar-refractivity contribution < 1.29 is 4.79 Å². The van der Waals surface area contributed by atoms with Crippen LogP contribution in [-0.2, 0) is 4.79 Å². The molecule has 66 valence electrons. The zero-order chi connectivity index (χ0) is 9.80. The highest BCUT2D eigenvalue weighted by molar-refractivity contribution is 5.84. The first kappa shape index (κ1) is 8.52. The van der Waals surface area contributed by atoms with Gasteiger partial charge in [-0.15, -0.1) is 0 Å². The molecule has 0 saturated carbocycles. The van der Waals surface area contributed by atoms with Crippen molar-refractivity contribution in [3.05, 3.63) is 48.0 Å². The second-order valence-electron chi connectivity index (χ2n) is 2.95. The molecule has 0 atom stereocenters. The van der Waals surface area contributed by atoms with Crippen molar-refractivity contribution in [2.75, 3.05) is 0 Å². The second kappa shape index (κ2) is 3.76. The Balaban J connectivity index is 2.56. The molecule has 0 spiro atoms. The Labute approximate surface area is 82.4 Å². The monoisotopic (exact) mass is 180 g/mol. The fourth-order valence-corrected chi connectivity index (χ4v) is 1.38. The third kappa shape index (κ3) is 1.65. The molecule has 0 aliphatic carbocycles. The summed E-state index contributed by atoms with van der Waals surface area (Å²) < 4.78 is 0. The molecule has 0 unspecified atom stereocenters. The lowest BCUT2D eigenvalue weighted by Crippen LogP contribution is -1.76. The van der Waals surface area contributed by atoms with Crippen LogP contribution in [0, 0.1) is 11.8 Å². The Hall–Kier alpha value is -2.07. The Morgan fingerprint density at radius 3 is 2.57 bits per heavy atom. The van der Waals surface area contributed by atoms with E-state index < -0.39 is 0 Å².